The molecule has 0 N–H and O–H groups in total. The molecule has 0 aliphatic carbocycles. The fourth-order valence-corrected chi connectivity index (χ4v) is 1.16. The lowest BCUT2D eigenvalue weighted by atomic mass is 10.1. The van der Waals surface area contributed by atoms with E-state index in [-0.39, 0.29) is 11.4 Å². The Kier molecular flexibility index (Phi) is 1.68. The molecular weight excluding hydrogens is 130 g/mol. The van der Waals surface area contributed by atoms with Gasteiger partial charge in [0.2, 0.25) is 5.91 Å². The first-order valence-corrected chi connectivity index (χ1v) is 3.40. The van der Waals surface area contributed by atoms with Crippen LogP contribution in [0.1, 0.15) is 20.8 Å². The molecule has 0 spiro atoms. The topological polar surface area (TPSA) is 29.5 Å². The number of hydrogen-bond donors (Lipinski definition) is 0. The Morgan fingerprint density at radius 3 is 2.40 bits per heavy atom. The second-order valence-electron chi connectivity index (χ2n) is 3.24. The molecule has 0 aromatic carbocycles. The molecule has 1 aliphatic rings. The molecule has 0 atom stereocenters. The van der Waals surface area contributed by atoms with Gasteiger partial charge in [-0.25, -0.2) is 0 Å². The third-order valence-electron chi connectivity index (χ3n) is 1.79. The normalized spacial score (nSPS) is 23.3. The van der Waals surface area contributed by atoms with Gasteiger partial charge in [-0.2, -0.15) is 0 Å². The summed E-state index contributed by atoms with van der Waals surface area (Å²) in [6.45, 7) is 6.66. The largest absolute Gasteiger partial charge is 0.359 e. The van der Waals surface area contributed by atoms with Crippen LogP contribution in [0.5, 0.6) is 0 Å². The van der Waals surface area contributed by atoms with Crippen molar-refractivity contribution >= 4 is 5.91 Å². The van der Waals surface area contributed by atoms with E-state index in [4.69, 9.17) is 4.74 Å². The van der Waals surface area contributed by atoms with Gasteiger partial charge in [-0.05, 0) is 13.8 Å². The Hall–Kier alpha value is -0.570. The molecule has 1 saturated heterocycles. The molecule has 0 aromatic rings. The second kappa shape index (κ2) is 2.23. The number of rotatable bonds is 0. The first-order chi connectivity index (χ1) is 4.54. The van der Waals surface area contributed by atoms with Crippen LogP contribution in [0.15, 0.2) is 0 Å². The summed E-state index contributed by atoms with van der Waals surface area (Å²) < 4.78 is 5.14. The average molecular weight is 143 g/mol. The van der Waals surface area contributed by atoms with Gasteiger partial charge < -0.3 is 9.64 Å². The van der Waals surface area contributed by atoms with Crippen LogP contribution in [0.3, 0.4) is 0 Å². The lowest BCUT2D eigenvalue weighted by Crippen LogP contribution is -2.42. The third-order valence-corrected chi connectivity index (χ3v) is 1.79. The first-order valence-electron chi connectivity index (χ1n) is 3.40. The number of hydrogen-bond acceptors (Lipinski definition) is 2. The fraction of sp³-hybridized carbons (Fsp3) is 0.857. The van der Waals surface area contributed by atoms with Crippen LogP contribution in [0, 0.1) is 0 Å². The van der Waals surface area contributed by atoms with Gasteiger partial charge in [0.1, 0.15) is 6.73 Å². The average Bonchev–Trinajstić information content (AvgIpc) is 2.08. The summed E-state index contributed by atoms with van der Waals surface area (Å²) in [5.41, 5.74) is -0.105. The Morgan fingerprint density at radius 2 is 2.20 bits per heavy atom. The number of carbonyl (C=O) groups excluding carboxylic acids is 1. The molecule has 58 valence electrons. The number of ether oxygens (including phenoxy) is 1. The zero-order valence-electron chi connectivity index (χ0n) is 6.68. The van der Waals surface area contributed by atoms with Gasteiger partial charge in [0.05, 0.1) is 12.1 Å². The minimum atomic E-state index is -0.105. The highest BCUT2D eigenvalue weighted by atomic mass is 16.5. The van der Waals surface area contributed by atoms with Gasteiger partial charge in [0, 0.05) is 6.92 Å². The first kappa shape index (κ1) is 7.54. The number of nitrogens with zero attached hydrogens (tertiary/aromatic N) is 1. The van der Waals surface area contributed by atoms with Gasteiger partial charge >= 0.3 is 0 Å². The molecule has 0 saturated carbocycles. The van der Waals surface area contributed by atoms with Crippen molar-refractivity contribution in [2.75, 3.05) is 13.3 Å². The zero-order chi connectivity index (χ0) is 7.78. The van der Waals surface area contributed by atoms with Crippen molar-refractivity contribution in [3.05, 3.63) is 0 Å². The zero-order valence-corrected chi connectivity index (χ0v) is 6.68. The smallest absolute Gasteiger partial charge is 0.221 e. The maximum Gasteiger partial charge on any atom is 0.221 e. The summed E-state index contributed by atoms with van der Waals surface area (Å²) in [4.78, 5) is 12.6. The molecule has 3 nitrogen and oxygen atoms in total. The van der Waals surface area contributed by atoms with E-state index in [0.29, 0.717) is 13.3 Å². The molecular formula is C7H13NO2. The van der Waals surface area contributed by atoms with E-state index in [1.165, 1.54) is 0 Å². The van der Waals surface area contributed by atoms with E-state index in [2.05, 4.69) is 0 Å². The van der Waals surface area contributed by atoms with E-state index in [9.17, 15) is 4.79 Å². The second-order valence-corrected chi connectivity index (χ2v) is 3.24. The van der Waals surface area contributed by atoms with Gasteiger partial charge in [-0.15, -0.1) is 0 Å². The molecule has 10 heavy (non-hydrogen) atoms. The molecule has 1 aliphatic heterocycles. The number of carbonyl (C=O) groups is 1. The maximum absolute atomic E-state index is 10.9. The number of amides is 1. The van der Waals surface area contributed by atoms with Crippen LogP contribution in [-0.2, 0) is 9.53 Å². The van der Waals surface area contributed by atoms with Gasteiger partial charge in [0.25, 0.3) is 0 Å². The highest BCUT2D eigenvalue weighted by Gasteiger charge is 2.34. The summed E-state index contributed by atoms with van der Waals surface area (Å²) in [7, 11) is 0. The molecule has 1 rings (SSSR count). The Morgan fingerprint density at radius 1 is 1.60 bits per heavy atom. The third kappa shape index (κ3) is 1.14. The lowest BCUT2D eigenvalue weighted by Gasteiger charge is -2.27. The van der Waals surface area contributed by atoms with Crippen molar-refractivity contribution in [3.8, 4) is 0 Å². The molecule has 1 amide bonds. The van der Waals surface area contributed by atoms with E-state index >= 15 is 0 Å². The summed E-state index contributed by atoms with van der Waals surface area (Å²) in [5, 5.41) is 0. The van der Waals surface area contributed by atoms with Crippen LogP contribution in [0.4, 0.5) is 0 Å². The molecule has 0 aromatic heterocycles. The molecule has 0 bridgehead atoms. The Balaban J connectivity index is 2.68. The summed E-state index contributed by atoms with van der Waals surface area (Å²) in [5.74, 6) is 0.0856. The minimum absolute atomic E-state index is 0.0856. The predicted molar refractivity (Wildman–Crippen MR) is 37.4 cm³/mol. The fourth-order valence-electron chi connectivity index (χ4n) is 1.16. The molecule has 0 unspecified atom stereocenters. The summed E-state index contributed by atoms with van der Waals surface area (Å²) in [6, 6.07) is 0. The predicted octanol–water partition coefficient (Wildman–Crippen LogP) is 0.601. The van der Waals surface area contributed by atoms with E-state index < -0.39 is 0 Å². The van der Waals surface area contributed by atoms with Crippen LogP contribution < -0.4 is 0 Å². The SMILES string of the molecule is CC(=O)N1COCC1(C)C. The van der Waals surface area contributed by atoms with Crippen molar-refractivity contribution < 1.29 is 9.53 Å². The van der Waals surface area contributed by atoms with Crippen LogP contribution in [0.2, 0.25) is 0 Å². The quantitative estimate of drug-likeness (QED) is 0.497. The Labute approximate surface area is 61.0 Å². The van der Waals surface area contributed by atoms with Crippen molar-refractivity contribution in [3.63, 3.8) is 0 Å². The maximum atomic E-state index is 10.9. The highest BCUT2D eigenvalue weighted by molar-refractivity contribution is 5.74. The molecule has 1 fully saturated rings. The van der Waals surface area contributed by atoms with Crippen LogP contribution >= 0.6 is 0 Å². The summed E-state index contributed by atoms with van der Waals surface area (Å²) >= 11 is 0. The molecule has 1 heterocycles. The van der Waals surface area contributed by atoms with E-state index in [1.54, 1.807) is 11.8 Å². The van der Waals surface area contributed by atoms with E-state index in [1.807, 2.05) is 13.8 Å². The monoisotopic (exact) mass is 143 g/mol. The van der Waals surface area contributed by atoms with Crippen molar-refractivity contribution in [2.45, 2.75) is 26.3 Å². The highest BCUT2D eigenvalue weighted by Crippen LogP contribution is 2.20. The molecule has 3 heteroatoms. The standard InChI is InChI=1S/C7H13NO2/c1-6(9)8-5-10-4-7(8,2)3/h4-5H2,1-3H3. The Bertz CT molecular complexity index is 154. The van der Waals surface area contributed by atoms with E-state index in [0.717, 1.165) is 0 Å². The van der Waals surface area contributed by atoms with Gasteiger partial charge in [-0.3, -0.25) is 4.79 Å². The van der Waals surface area contributed by atoms with Crippen LogP contribution in [0.25, 0.3) is 0 Å². The van der Waals surface area contributed by atoms with Crippen LogP contribution in [-0.4, -0.2) is 29.7 Å². The van der Waals surface area contributed by atoms with Gasteiger partial charge in [-0.1, -0.05) is 0 Å². The van der Waals surface area contributed by atoms with Crippen molar-refractivity contribution in [1.82, 2.24) is 4.90 Å². The van der Waals surface area contributed by atoms with Gasteiger partial charge in [0.15, 0.2) is 0 Å². The summed E-state index contributed by atoms with van der Waals surface area (Å²) in [6.07, 6.45) is 0. The lowest BCUT2D eigenvalue weighted by molar-refractivity contribution is -0.132. The molecule has 0 radical (unpaired) electrons. The van der Waals surface area contributed by atoms with Crippen molar-refractivity contribution in [1.29, 1.82) is 0 Å². The minimum Gasteiger partial charge on any atom is -0.359 e. The van der Waals surface area contributed by atoms with Crippen molar-refractivity contribution in [2.24, 2.45) is 0 Å².